The summed E-state index contributed by atoms with van der Waals surface area (Å²) in [6, 6.07) is 0.459. The zero-order valence-corrected chi connectivity index (χ0v) is 8.41. The van der Waals surface area contributed by atoms with Gasteiger partial charge in [0.25, 0.3) is 0 Å². The molecule has 1 atom stereocenters. The summed E-state index contributed by atoms with van der Waals surface area (Å²) >= 11 is 0. The molecule has 1 heterocycles. The van der Waals surface area contributed by atoms with Crippen molar-refractivity contribution >= 4 is 6.03 Å². The summed E-state index contributed by atoms with van der Waals surface area (Å²) in [6.45, 7) is 0.891. The van der Waals surface area contributed by atoms with E-state index in [4.69, 9.17) is 5.11 Å². The summed E-state index contributed by atoms with van der Waals surface area (Å²) in [5.74, 6) is 0. The van der Waals surface area contributed by atoms with Gasteiger partial charge >= 0.3 is 6.03 Å². The van der Waals surface area contributed by atoms with Gasteiger partial charge in [0.1, 0.15) is 0 Å². The SMILES string of the molecule is O=C(NC1CCCC1)N1CCC1CO. The average Bonchev–Trinajstić information content (AvgIpc) is 2.55. The number of likely N-dealkylation sites (tertiary alicyclic amines) is 1. The summed E-state index contributed by atoms with van der Waals surface area (Å²) < 4.78 is 0. The lowest BCUT2D eigenvalue weighted by molar-refractivity contribution is 0.0688. The van der Waals surface area contributed by atoms with E-state index >= 15 is 0 Å². The molecule has 4 nitrogen and oxygen atoms in total. The number of rotatable bonds is 2. The highest BCUT2D eigenvalue weighted by Gasteiger charge is 2.32. The summed E-state index contributed by atoms with van der Waals surface area (Å²) in [5, 5.41) is 12.0. The van der Waals surface area contributed by atoms with Crippen LogP contribution in [0.4, 0.5) is 4.79 Å². The number of carbonyl (C=O) groups excluding carboxylic acids is 1. The van der Waals surface area contributed by atoms with Gasteiger partial charge in [0.2, 0.25) is 0 Å². The molecule has 1 aliphatic heterocycles. The molecule has 0 bridgehead atoms. The molecule has 2 N–H and O–H groups in total. The maximum Gasteiger partial charge on any atom is 0.317 e. The maximum absolute atomic E-state index is 11.7. The van der Waals surface area contributed by atoms with Crippen molar-refractivity contribution in [3.8, 4) is 0 Å². The highest BCUT2D eigenvalue weighted by molar-refractivity contribution is 5.75. The molecule has 1 saturated heterocycles. The van der Waals surface area contributed by atoms with Crippen LogP contribution in [0, 0.1) is 0 Å². The summed E-state index contributed by atoms with van der Waals surface area (Å²) in [7, 11) is 0. The third-order valence-electron chi connectivity index (χ3n) is 3.30. The van der Waals surface area contributed by atoms with Gasteiger partial charge in [-0.25, -0.2) is 4.79 Å². The predicted molar refractivity (Wildman–Crippen MR) is 53.0 cm³/mol. The Labute approximate surface area is 84.3 Å². The monoisotopic (exact) mass is 198 g/mol. The molecule has 0 aromatic carbocycles. The number of nitrogens with one attached hydrogen (secondary N) is 1. The lowest BCUT2D eigenvalue weighted by Gasteiger charge is -2.40. The van der Waals surface area contributed by atoms with Crippen LogP contribution in [0.5, 0.6) is 0 Å². The highest BCUT2D eigenvalue weighted by atomic mass is 16.3. The number of amides is 2. The Kier molecular flexibility index (Phi) is 2.91. The topological polar surface area (TPSA) is 52.6 Å². The van der Waals surface area contributed by atoms with Gasteiger partial charge in [0.05, 0.1) is 12.6 Å². The quantitative estimate of drug-likeness (QED) is 0.686. The Morgan fingerprint density at radius 3 is 2.57 bits per heavy atom. The van der Waals surface area contributed by atoms with E-state index in [-0.39, 0.29) is 18.7 Å². The van der Waals surface area contributed by atoms with Crippen molar-refractivity contribution < 1.29 is 9.90 Å². The van der Waals surface area contributed by atoms with Gasteiger partial charge in [-0.15, -0.1) is 0 Å². The normalized spacial score (nSPS) is 27.5. The zero-order chi connectivity index (χ0) is 9.97. The van der Waals surface area contributed by atoms with Gasteiger partial charge in [-0.1, -0.05) is 12.8 Å². The minimum Gasteiger partial charge on any atom is -0.394 e. The van der Waals surface area contributed by atoms with Crippen molar-refractivity contribution in [2.45, 2.75) is 44.2 Å². The molecule has 2 amide bonds. The number of urea groups is 1. The van der Waals surface area contributed by atoms with Crippen molar-refractivity contribution in [2.24, 2.45) is 0 Å². The van der Waals surface area contributed by atoms with E-state index in [1.165, 1.54) is 12.8 Å². The second-order valence-electron chi connectivity index (χ2n) is 4.25. The number of hydrogen-bond acceptors (Lipinski definition) is 2. The van der Waals surface area contributed by atoms with Crippen LogP contribution in [0.1, 0.15) is 32.1 Å². The minimum atomic E-state index is 0.0159. The lowest BCUT2D eigenvalue weighted by atomic mass is 10.1. The van der Waals surface area contributed by atoms with E-state index in [0.717, 1.165) is 25.8 Å². The van der Waals surface area contributed by atoms with E-state index in [1.54, 1.807) is 4.90 Å². The second kappa shape index (κ2) is 4.17. The van der Waals surface area contributed by atoms with E-state index in [1.807, 2.05) is 0 Å². The molecule has 1 saturated carbocycles. The van der Waals surface area contributed by atoms with Crippen molar-refractivity contribution in [3.63, 3.8) is 0 Å². The molecule has 14 heavy (non-hydrogen) atoms. The van der Waals surface area contributed by atoms with Gasteiger partial charge in [-0.3, -0.25) is 0 Å². The molecule has 4 heteroatoms. The number of aliphatic hydroxyl groups excluding tert-OH is 1. The summed E-state index contributed by atoms with van der Waals surface area (Å²) in [5.41, 5.74) is 0. The van der Waals surface area contributed by atoms with Crippen LogP contribution in [-0.4, -0.2) is 41.3 Å². The fraction of sp³-hybridized carbons (Fsp3) is 0.900. The largest absolute Gasteiger partial charge is 0.394 e. The molecule has 0 spiro atoms. The fourth-order valence-corrected chi connectivity index (χ4v) is 2.23. The molecule has 2 rings (SSSR count). The van der Waals surface area contributed by atoms with Gasteiger partial charge < -0.3 is 15.3 Å². The number of carbonyl (C=O) groups is 1. The molecule has 2 fully saturated rings. The number of nitrogens with zero attached hydrogens (tertiary/aromatic N) is 1. The Morgan fingerprint density at radius 1 is 1.36 bits per heavy atom. The minimum absolute atomic E-state index is 0.0159. The molecule has 0 radical (unpaired) electrons. The van der Waals surface area contributed by atoms with Gasteiger partial charge in [0, 0.05) is 12.6 Å². The van der Waals surface area contributed by atoms with Gasteiger partial charge in [0.15, 0.2) is 0 Å². The van der Waals surface area contributed by atoms with Crippen LogP contribution < -0.4 is 5.32 Å². The van der Waals surface area contributed by atoms with E-state index in [2.05, 4.69) is 5.32 Å². The van der Waals surface area contributed by atoms with Crippen molar-refractivity contribution in [2.75, 3.05) is 13.2 Å². The molecule has 0 aromatic rings. The maximum atomic E-state index is 11.7. The first-order valence-electron chi connectivity index (χ1n) is 5.49. The van der Waals surface area contributed by atoms with Crippen LogP contribution in [0.15, 0.2) is 0 Å². The second-order valence-corrected chi connectivity index (χ2v) is 4.25. The molecule has 1 aliphatic carbocycles. The Morgan fingerprint density at radius 2 is 2.07 bits per heavy atom. The zero-order valence-electron chi connectivity index (χ0n) is 8.41. The standard InChI is InChI=1S/C10H18N2O2/c13-7-9-5-6-12(9)10(14)11-8-3-1-2-4-8/h8-9,13H,1-7H2,(H,11,14). The van der Waals surface area contributed by atoms with Crippen molar-refractivity contribution in [1.29, 1.82) is 0 Å². The van der Waals surface area contributed by atoms with Crippen LogP contribution in [0.25, 0.3) is 0 Å². The molecular weight excluding hydrogens is 180 g/mol. The number of hydrogen-bond donors (Lipinski definition) is 2. The summed E-state index contributed by atoms with van der Waals surface area (Å²) in [6.07, 6.45) is 5.63. The molecule has 80 valence electrons. The Bertz CT molecular complexity index is 212. The van der Waals surface area contributed by atoms with Gasteiger partial charge in [-0.05, 0) is 19.3 Å². The highest BCUT2D eigenvalue weighted by Crippen LogP contribution is 2.20. The predicted octanol–water partition coefficient (Wildman–Crippen LogP) is 0.705. The van der Waals surface area contributed by atoms with Crippen LogP contribution in [0.2, 0.25) is 0 Å². The van der Waals surface area contributed by atoms with E-state index in [9.17, 15) is 4.79 Å². The lowest BCUT2D eigenvalue weighted by Crippen LogP contribution is -2.57. The summed E-state index contributed by atoms with van der Waals surface area (Å²) in [4.78, 5) is 13.4. The van der Waals surface area contributed by atoms with E-state index in [0.29, 0.717) is 6.04 Å². The van der Waals surface area contributed by atoms with Crippen molar-refractivity contribution in [3.05, 3.63) is 0 Å². The Balaban J connectivity index is 1.77. The third-order valence-corrected chi connectivity index (χ3v) is 3.30. The van der Waals surface area contributed by atoms with Crippen molar-refractivity contribution in [1.82, 2.24) is 10.2 Å². The van der Waals surface area contributed by atoms with Gasteiger partial charge in [-0.2, -0.15) is 0 Å². The van der Waals surface area contributed by atoms with Crippen LogP contribution in [-0.2, 0) is 0 Å². The first-order chi connectivity index (χ1) is 6.81. The molecule has 2 aliphatic rings. The Hall–Kier alpha value is -0.770. The third kappa shape index (κ3) is 1.85. The first kappa shape index (κ1) is 9.77. The fourth-order valence-electron chi connectivity index (χ4n) is 2.23. The van der Waals surface area contributed by atoms with E-state index < -0.39 is 0 Å². The molecule has 0 aromatic heterocycles. The smallest absolute Gasteiger partial charge is 0.317 e. The molecular formula is C10H18N2O2. The number of aliphatic hydroxyl groups is 1. The van der Waals surface area contributed by atoms with Crippen LogP contribution in [0.3, 0.4) is 0 Å². The molecule has 1 unspecified atom stereocenters. The average molecular weight is 198 g/mol. The van der Waals surface area contributed by atoms with Crippen LogP contribution >= 0.6 is 0 Å². The first-order valence-corrected chi connectivity index (χ1v) is 5.49.